The van der Waals surface area contributed by atoms with Crippen LogP contribution in [0.5, 0.6) is 5.75 Å². The van der Waals surface area contributed by atoms with Crippen LogP contribution in [0.1, 0.15) is 18.4 Å². The molecule has 0 bridgehead atoms. The average molecular weight is 239 g/mol. The van der Waals surface area contributed by atoms with Gasteiger partial charge in [0.2, 0.25) is 0 Å². The van der Waals surface area contributed by atoms with Crippen molar-refractivity contribution in [3.63, 3.8) is 0 Å². The number of hydrogen-bond donors (Lipinski definition) is 0. The average Bonchev–Trinajstić information content (AvgIpc) is 2.20. The maximum Gasteiger partial charge on any atom is 0.275 e. The van der Waals surface area contributed by atoms with Crippen LogP contribution >= 0.6 is 0 Å². The highest BCUT2D eigenvalue weighted by molar-refractivity contribution is 5.85. The lowest BCUT2D eigenvalue weighted by atomic mass is 9.94. The molecule has 17 heavy (non-hydrogen) atoms. The number of halogens is 1. The fraction of sp³-hybridized carbons (Fsp3) is 0.364. The minimum atomic E-state index is -0.776. The summed E-state index contributed by atoms with van der Waals surface area (Å²) in [4.78, 5) is 20.7. The molecule has 5 nitrogen and oxygen atoms in total. The molecule has 1 aromatic carbocycles. The standard InChI is InChI=1S/C11H10FNO4/c1-6-2-11(17-8-3-7(14)4-8)9(12)5-10(6)13(15)16/h2,5,8H,3-4H2,1H3. The van der Waals surface area contributed by atoms with Crippen LogP contribution in [0.2, 0.25) is 0 Å². The predicted octanol–water partition coefficient (Wildman–Crippen LogP) is 2.15. The summed E-state index contributed by atoms with van der Waals surface area (Å²) in [5, 5.41) is 10.6. The van der Waals surface area contributed by atoms with E-state index in [4.69, 9.17) is 4.74 Å². The van der Waals surface area contributed by atoms with Crippen LogP contribution in [0.15, 0.2) is 12.1 Å². The van der Waals surface area contributed by atoms with Crippen LogP contribution in [0.4, 0.5) is 10.1 Å². The number of aryl methyl sites for hydroxylation is 1. The Kier molecular flexibility index (Phi) is 2.79. The molecule has 0 atom stereocenters. The summed E-state index contributed by atoms with van der Waals surface area (Å²) in [6.45, 7) is 1.51. The predicted molar refractivity (Wildman–Crippen MR) is 56.4 cm³/mol. The molecule has 1 aliphatic carbocycles. The number of nitrogens with zero attached hydrogens (tertiary/aromatic N) is 1. The Hall–Kier alpha value is -1.98. The number of carbonyl (C=O) groups excluding carboxylic acids is 1. The molecule has 0 unspecified atom stereocenters. The van der Waals surface area contributed by atoms with Crippen molar-refractivity contribution >= 4 is 11.5 Å². The van der Waals surface area contributed by atoms with Crippen LogP contribution in [0.3, 0.4) is 0 Å². The summed E-state index contributed by atoms with van der Waals surface area (Å²) in [5.41, 5.74) is 0.0524. The summed E-state index contributed by atoms with van der Waals surface area (Å²) in [6, 6.07) is 2.13. The van der Waals surface area contributed by atoms with E-state index in [1.807, 2.05) is 0 Å². The van der Waals surface area contributed by atoms with Gasteiger partial charge in [0.05, 0.1) is 11.0 Å². The van der Waals surface area contributed by atoms with Crippen molar-refractivity contribution in [2.45, 2.75) is 25.9 Å². The lowest BCUT2D eigenvalue weighted by Crippen LogP contribution is -2.34. The van der Waals surface area contributed by atoms with Gasteiger partial charge in [0.25, 0.3) is 5.69 Å². The third kappa shape index (κ3) is 2.25. The first kappa shape index (κ1) is 11.5. The highest BCUT2D eigenvalue weighted by atomic mass is 19.1. The zero-order valence-electron chi connectivity index (χ0n) is 9.10. The molecule has 0 saturated heterocycles. The highest BCUT2D eigenvalue weighted by Crippen LogP contribution is 2.30. The lowest BCUT2D eigenvalue weighted by molar-refractivity contribution is -0.385. The molecule has 0 heterocycles. The van der Waals surface area contributed by atoms with Crippen LogP contribution in [-0.4, -0.2) is 16.8 Å². The van der Waals surface area contributed by atoms with E-state index in [-0.39, 0.29) is 36.2 Å². The van der Waals surface area contributed by atoms with Crippen LogP contribution < -0.4 is 4.74 Å². The molecule has 90 valence electrons. The number of benzene rings is 1. The summed E-state index contributed by atoms with van der Waals surface area (Å²) < 4.78 is 18.7. The van der Waals surface area contributed by atoms with Crippen molar-refractivity contribution in [1.29, 1.82) is 0 Å². The number of nitro benzene ring substituents is 1. The zero-order chi connectivity index (χ0) is 12.6. The molecule has 1 aliphatic rings. The van der Waals surface area contributed by atoms with E-state index in [1.54, 1.807) is 0 Å². The molecule has 2 rings (SSSR count). The van der Waals surface area contributed by atoms with E-state index in [0.29, 0.717) is 5.56 Å². The Balaban J connectivity index is 2.21. The first-order valence-corrected chi connectivity index (χ1v) is 5.10. The minimum absolute atomic E-state index is 0.0365. The van der Waals surface area contributed by atoms with E-state index in [0.717, 1.165) is 6.07 Å². The Bertz CT molecular complexity index is 492. The minimum Gasteiger partial charge on any atom is -0.486 e. The van der Waals surface area contributed by atoms with Gasteiger partial charge < -0.3 is 4.74 Å². The first-order chi connectivity index (χ1) is 7.97. The number of Topliss-reactive ketones (excluding diaryl/α,β-unsaturated/α-hetero) is 1. The third-order valence-corrected chi connectivity index (χ3v) is 2.65. The van der Waals surface area contributed by atoms with Gasteiger partial charge in [0.1, 0.15) is 11.9 Å². The molecule has 0 spiro atoms. The molecule has 0 N–H and O–H groups in total. The lowest BCUT2D eigenvalue weighted by Gasteiger charge is -2.25. The Morgan fingerprint density at radius 2 is 2.12 bits per heavy atom. The molecule has 0 aromatic heterocycles. The quantitative estimate of drug-likeness (QED) is 0.598. The van der Waals surface area contributed by atoms with Gasteiger partial charge in [0.15, 0.2) is 11.6 Å². The van der Waals surface area contributed by atoms with E-state index >= 15 is 0 Å². The van der Waals surface area contributed by atoms with Gasteiger partial charge in [0, 0.05) is 18.4 Å². The van der Waals surface area contributed by atoms with E-state index in [9.17, 15) is 19.3 Å². The second-order valence-electron chi connectivity index (χ2n) is 4.01. The molecule has 1 saturated carbocycles. The molecule has 1 aromatic rings. The Labute approximate surface area is 96.3 Å². The van der Waals surface area contributed by atoms with Crippen molar-refractivity contribution in [1.82, 2.24) is 0 Å². The topological polar surface area (TPSA) is 69.4 Å². The van der Waals surface area contributed by atoms with Gasteiger partial charge in [-0.2, -0.15) is 0 Å². The van der Waals surface area contributed by atoms with E-state index in [2.05, 4.69) is 0 Å². The summed E-state index contributed by atoms with van der Waals surface area (Å²) in [7, 11) is 0. The number of nitro groups is 1. The summed E-state index contributed by atoms with van der Waals surface area (Å²) >= 11 is 0. The van der Waals surface area contributed by atoms with E-state index in [1.165, 1.54) is 13.0 Å². The van der Waals surface area contributed by atoms with Gasteiger partial charge in [-0.3, -0.25) is 14.9 Å². The first-order valence-electron chi connectivity index (χ1n) is 5.10. The molecule has 1 fully saturated rings. The summed E-state index contributed by atoms with van der Waals surface area (Å²) in [5.74, 6) is -0.735. The molecule has 0 amide bonds. The molecule has 6 heteroatoms. The SMILES string of the molecule is Cc1cc(OC2CC(=O)C2)c(F)cc1[N+](=O)[O-]. The van der Waals surface area contributed by atoms with Gasteiger partial charge in [-0.05, 0) is 13.0 Å². The monoisotopic (exact) mass is 239 g/mol. The number of hydrogen-bond acceptors (Lipinski definition) is 4. The number of ether oxygens (including phenoxy) is 1. The highest BCUT2D eigenvalue weighted by Gasteiger charge is 2.29. The third-order valence-electron chi connectivity index (χ3n) is 2.65. The van der Waals surface area contributed by atoms with E-state index < -0.39 is 10.7 Å². The van der Waals surface area contributed by atoms with Crippen LogP contribution in [-0.2, 0) is 4.79 Å². The number of rotatable bonds is 3. The maximum absolute atomic E-state index is 13.5. The van der Waals surface area contributed by atoms with Gasteiger partial charge >= 0.3 is 0 Å². The largest absolute Gasteiger partial charge is 0.486 e. The van der Waals surface area contributed by atoms with Gasteiger partial charge in [-0.15, -0.1) is 0 Å². The second-order valence-corrected chi connectivity index (χ2v) is 4.01. The van der Waals surface area contributed by atoms with Crippen molar-refractivity contribution in [2.75, 3.05) is 0 Å². The second kappa shape index (κ2) is 4.12. The smallest absolute Gasteiger partial charge is 0.275 e. The molecule has 0 radical (unpaired) electrons. The number of carbonyl (C=O) groups is 1. The summed E-state index contributed by atoms with van der Waals surface area (Å²) in [6.07, 6.45) is 0.239. The molecule has 0 aliphatic heterocycles. The number of ketones is 1. The maximum atomic E-state index is 13.5. The van der Waals surface area contributed by atoms with Gasteiger partial charge in [-0.25, -0.2) is 4.39 Å². The van der Waals surface area contributed by atoms with Crippen molar-refractivity contribution in [2.24, 2.45) is 0 Å². The zero-order valence-corrected chi connectivity index (χ0v) is 9.10. The fourth-order valence-electron chi connectivity index (χ4n) is 1.64. The molecular formula is C11H10FNO4. The van der Waals surface area contributed by atoms with Gasteiger partial charge in [-0.1, -0.05) is 0 Å². The van der Waals surface area contributed by atoms with Crippen molar-refractivity contribution in [3.05, 3.63) is 33.6 Å². The molecular weight excluding hydrogens is 229 g/mol. The Morgan fingerprint density at radius 3 is 2.65 bits per heavy atom. The van der Waals surface area contributed by atoms with Crippen LogP contribution in [0.25, 0.3) is 0 Å². The van der Waals surface area contributed by atoms with Crippen molar-refractivity contribution in [3.8, 4) is 5.75 Å². The van der Waals surface area contributed by atoms with Crippen molar-refractivity contribution < 1.29 is 18.8 Å². The van der Waals surface area contributed by atoms with Crippen LogP contribution in [0, 0.1) is 22.9 Å². The fourth-order valence-corrected chi connectivity index (χ4v) is 1.64. The normalized spacial score (nSPS) is 15.5. The Morgan fingerprint density at radius 1 is 1.47 bits per heavy atom.